The van der Waals surface area contributed by atoms with Crippen LogP contribution in [0, 0.1) is 5.92 Å². The first-order valence-corrected chi connectivity index (χ1v) is 6.58. The number of hydrogen-bond acceptors (Lipinski definition) is 5. The van der Waals surface area contributed by atoms with Crippen molar-refractivity contribution in [1.82, 2.24) is 15.3 Å². The van der Waals surface area contributed by atoms with Gasteiger partial charge in [0.05, 0.1) is 0 Å². The van der Waals surface area contributed by atoms with Crippen LogP contribution in [0.1, 0.15) is 12.8 Å². The zero-order valence-corrected chi connectivity index (χ0v) is 11.6. The quantitative estimate of drug-likeness (QED) is 0.861. The molecule has 1 aromatic rings. The fourth-order valence-corrected chi connectivity index (χ4v) is 2.35. The molecule has 1 aliphatic heterocycles. The number of hydrogen-bond donors (Lipinski definition) is 1. The molecule has 1 aromatic heterocycles. The van der Waals surface area contributed by atoms with Gasteiger partial charge < -0.3 is 15.1 Å². The second-order valence-corrected chi connectivity index (χ2v) is 5.22. The summed E-state index contributed by atoms with van der Waals surface area (Å²) in [5.41, 5.74) is 0. The molecule has 18 heavy (non-hydrogen) atoms. The van der Waals surface area contributed by atoms with Gasteiger partial charge in [-0.3, -0.25) is 0 Å². The van der Waals surface area contributed by atoms with E-state index in [-0.39, 0.29) is 0 Å². The molecule has 0 amide bonds. The van der Waals surface area contributed by atoms with E-state index in [0.29, 0.717) is 0 Å². The highest BCUT2D eigenvalue weighted by atomic mass is 15.2. The van der Waals surface area contributed by atoms with Crippen molar-refractivity contribution >= 4 is 11.6 Å². The maximum absolute atomic E-state index is 4.35. The Kier molecular flexibility index (Phi) is 4.36. The molecule has 5 heteroatoms. The smallest absolute Gasteiger partial charge is 0.133 e. The Balaban J connectivity index is 1.99. The molecule has 1 aliphatic rings. The average molecular weight is 249 g/mol. The molecule has 1 atom stereocenters. The largest absolute Gasteiger partial charge is 0.363 e. The van der Waals surface area contributed by atoms with Crippen molar-refractivity contribution in [1.29, 1.82) is 0 Å². The van der Waals surface area contributed by atoms with Crippen LogP contribution in [-0.4, -0.2) is 50.7 Å². The number of nitrogens with one attached hydrogen (secondary N) is 1. The first kappa shape index (κ1) is 13.1. The Morgan fingerprint density at radius 1 is 1.28 bits per heavy atom. The topological polar surface area (TPSA) is 44.3 Å². The molecule has 0 aliphatic carbocycles. The highest BCUT2D eigenvalue weighted by Crippen LogP contribution is 2.18. The van der Waals surface area contributed by atoms with Crippen LogP contribution in [0.4, 0.5) is 11.6 Å². The van der Waals surface area contributed by atoms with E-state index in [1.807, 2.05) is 25.1 Å². The summed E-state index contributed by atoms with van der Waals surface area (Å²) in [6.45, 7) is 3.34. The van der Waals surface area contributed by atoms with Gasteiger partial charge in [-0.05, 0) is 31.8 Å². The van der Waals surface area contributed by atoms with Crippen LogP contribution in [0.2, 0.25) is 0 Å². The molecule has 5 nitrogen and oxygen atoms in total. The van der Waals surface area contributed by atoms with Crippen LogP contribution >= 0.6 is 0 Å². The highest BCUT2D eigenvalue weighted by molar-refractivity contribution is 5.48. The monoisotopic (exact) mass is 249 g/mol. The molecule has 1 N–H and O–H groups in total. The molecule has 0 aromatic carbocycles. The van der Waals surface area contributed by atoms with Gasteiger partial charge in [0.25, 0.3) is 0 Å². The molecule has 0 radical (unpaired) electrons. The Morgan fingerprint density at radius 3 is 2.72 bits per heavy atom. The third-order valence-electron chi connectivity index (χ3n) is 3.42. The minimum Gasteiger partial charge on any atom is -0.363 e. The van der Waals surface area contributed by atoms with Crippen LogP contribution in [0.25, 0.3) is 0 Å². The van der Waals surface area contributed by atoms with Crippen molar-refractivity contribution in [2.45, 2.75) is 12.8 Å². The summed E-state index contributed by atoms with van der Waals surface area (Å²) in [7, 11) is 6.10. The summed E-state index contributed by atoms with van der Waals surface area (Å²) < 4.78 is 0. The van der Waals surface area contributed by atoms with Gasteiger partial charge in [-0.1, -0.05) is 0 Å². The third-order valence-corrected chi connectivity index (χ3v) is 3.42. The predicted octanol–water partition coefficient (Wildman–Crippen LogP) is 0.978. The van der Waals surface area contributed by atoms with E-state index < -0.39 is 0 Å². The van der Waals surface area contributed by atoms with E-state index in [0.717, 1.165) is 30.6 Å². The van der Waals surface area contributed by atoms with Gasteiger partial charge in [0.2, 0.25) is 0 Å². The molecule has 2 rings (SSSR count). The SMILES string of the molecule is CN(C)c1cc(N(C)CC2CCCNC2)ncn1. The van der Waals surface area contributed by atoms with E-state index in [1.54, 1.807) is 6.33 Å². The average Bonchev–Trinajstić information content (AvgIpc) is 2.40. The second kappa shape index (κ2) is 6.00. The van der Waals surface area contributed by atoms with Crippen LogP contribution in [0.15, 0.2) is 12.4 Å². The molecule has 1 saturated heterocycles. The maximum atomic E-state index is 4.35. The van der Waals surface area contributed by atoms with Crippen molar-refractivity contribution in [3.05, 3.63) is 12.4 Å². The lowest BCUT2D eigenvalue weighted by molar-refractivity contribution is 0.380. The third kappa shape index (κ3) is 3.32. The van der Waals surface area contributed by atoms with Crippen LogP contribution in [0.3, 0.4) is 0 Å². The minimum atomic E-state index is 0.724. The van der Waals surface area contributed by atoms with Crippen molar-refractivity contribution in [3.8, 4) is 0 Å². The molecular weight excluding hydrogens is 226 g/mol. The standard InChI is InChI=1S/C13H23N5/c1-17(2)12-7-13(16-10-15-12)18(3)9-11-5-4-6-14-8-11/h7,10-11,14H,4-6,8-9H2,1-3H3. The van der Waals surface area contributed by atoms with Gasteiger partial charge >= 0.3 is 0 Å². The van der Waals surface area contributed by atoms with E-state index in [1.165, 1.54) is 19.4 Å². The zero-order valence-electron chi connectivity index (χ0n) is 11.6. The van der Waals surface area contributed by atoms with Gasteiger partial charge in [0.15, 0.2) is 0 Å². The maximum Gasteiger partial charge on any atom is 0.133 e. The number of nitrogens with zero attached hydrogens (tertiary/aromatic N) is 4. The molecule has 100 valence electrons. The zero-order chi connectivity index (χ0) is 13.0. The number of rotatable bonds is 4. The summed E-state index contributed by atoms with van der Waals surface area (Å²) in [6.07, 6.45) is 4.23. The van der Waals surface area contributed by atoms with Crippen LogP contribution < -0.4 is 15.1 Å². The predicted molar refractivity (Wildman–Crippen MR) is 75.2 cm³/mol. The van der Waals surface area contributed by atoms with Crippen LogP contribution in [0.5, 0.6) is 0 Å². The summed E-state index contributed by atoms with van der Waals surface area (Å²) in [5.74, 6) is 2.68. The molecule has 0 bridgehead atoms. The molecular formula is C13H23N5. The lowest BCUT2D eigenvalue weighted by atomic mass is 9.99. The van der Waals surface area contributed by atoms with Gasteiger partial charge in [0.1, 0.15) is 18.0 Å². The fraction of sp³-hybridized carbons (Fsp3) is 0.692. The van der Waals surface area contributed by atoms with Gasteiger partial charge in [-0.15, -0.1) is 0 Å². The molecule has 0 saturated carbocycles. The van der Waals surface area contributed by atoms with E-state index in [2.05, 4.69) is 27.2 Å². The fourth-order valence-electron chi connectivity index (χ4n) is 2.35. The molecule has 1 unspecified atom stereocenters. The van der Waals surface area contributed by atoms with Crippen molar-refractivity contribution in [2.24, 2.45) is 5.92 Å². The van der Waals surface area contributed by atoms with E-state index in [9.17, 15) is 0 Å². The summed E-state index contributed by atoms with van der Waals surface area (Å²) in [4.78, 5) is 12.8. The number of aromatic nitrogens is 2. The van der Waals surface area contributed by atoms with Crippen molar-refractivity contribution in [3.63, 3.8) is 0 Å². The van der Waals surface area contributed by atoms with E-state index in [4.69, 9.17) is 0 Å². The normalized spacial score (nSPS) is 19.6. The molecule has 0 spiro atoms. The van der Waals surface area contributed by atoms with E-state index >= 15 is 0 Å². The minimum absolute atomic E-state index is 0.724. The Labute approximate surface area is 109 Å². The second-order valence-electron chi connectivity index (χ2n) is 5.22. The lowest BCUT2D eigenvalue weighted by Gasteiger charge is -2.28. The molecule has 2 heterocycles. The first-order valence-electron chi connectivity index (χ1n) is 6.58. The number of piperidine rings is 1. The molecule has 1 fully saturated rings. The summed E-state index contributed by atoms with van der Waals surface area (Å²) in [6, 6.07) is 2.04. The number of anilines is 2. The Bertz CT molecular complexity index is 373. The highest BCUT2D eigenvalue weighted by Gasteiger charge is 2.16. The lowest BCUT2D eigenvalue weighted by Crippen LogP contribution is -2.37. The van der Waals surface area contributed by atoms with Gasteiger partial charge in [-0.2, -0.15) is 0 Å². The van der Waals surface area contributed by atoms with Crippen LogP contribution in [-0.2, 0) is 0 Å². The Hall–Kier alpha value is -1.36. The van der Waals surface area contributed by atoms with Crippen molar-refractivity contribution < 1.29 is 0 Å². The van der Waals surface area contributed by atoms with Gasteiger partial charge in [0, 0.05) is 33.8 Å². The summed E-state index contributed by atoms with van der Waals surface area (Å²) >= 11 is 0. The Morgan fingerprint density at radius 2 is 2.06 bits per heavy atom. The summed E-state index contributed by atoms with van der Waals surface area (Å²) in [5, 5.41) is 3.45. The van der Waals surface area contributed by atoms with Crippen molar-refractivity contribution in [2.75, 3.05) is 50.6 Å². The van der Waals surface area contributed by atoms with Gasteiger partial charge in [-0.25, -0.2) is 9.97 Å². The first-order chi connectivity index (χ1) is 8.66.